The van der Waals surface area contributed by atoms with Crippen molar-refractivity contribution in [2.75, 3.05) is 5.32 Å². The fraction of sp³-hybridized carbons (Fsp3) is 0.111. The van der Waals surface area contributed by atoms with Crippen LogP contribution in [0.15, 0.2) is 18.2 Å². The van der Waals surface area contributed by atoms with Gasteiger partial charge in [0.25, 0.3) is 0 Å². The minimum absolute atomic E-state index is 0.369. The summed E-state index contributed by atoms with van der Waals surface area (Å²) >= 11 is 5.78. The van der Waals surface area contributed by atoms with Crippen LogP contribution in [0.5, 0.6) is 0 Å². The first-order chi connectivity index (χ1) is 6.50. The molecule has 4 nitrogen and oxygen atoms in total. The highest BCUT2D eigenvalue weighted by atomic mass is 35.5. The molecule has 0 unspecified atom stereocenters. The van der Waals surface area contributed by atoms with E-state index in [1.54, 1.807) is 12.1 Å². The molecule has 0 heterocycles. The number of carboxylic acids is 1. The molecule has 5 heteroatoms. The minimum atomic E-state index is -1.53. The van der Waals surface area contributed by atoms with Crippen LogP contribution in [-0.2, 0) is 9.59 Å². The Kier molecular flexibility index (Phi) is 3.09. The predicted octanol–water partition coefficient (Wildman–Crippen LogP) is 1.67. The molecule has 0 aromatic heterocycles. The maximum Gasteiger partial charge on any atom is 0.394 e. The summed E-state index contributed by atoms with van der Waals surface area (Å²) in [6.07, 6.45) is 0. The van der Waals surface area contributed by atoms with Crippen molar-refractivity contribution >= 4 is 29.2 Å². The van der Waals surface area contributed by atoms with Gasteiger partial charge in [-0.15, -0.1) is 0 Å². The van der Waals surface area contributed by atoms with Gasteiger partial charge in [-0.1, -0.05) is 17.7 Å². The van der Waals surface area contributed by atoms with E-state index in [2.05, 4.69) is 5.32 Å². The van der Waals surface area contributed by atoms with E-state index in [0.29, 0.717) is 10.7 Å². The molecule has 1 amide bonds. The third-order valence-corrected chi connectivity index (χ3v) is 2.03. The van der Waals surface area contributed by atoms with Crippen molar-refractivity contribution in [1.29, 1.82) is 0 Å². The molecule has 0 saturated heterocycles. The Balaban J connectivity index is 2.83. The molecule has 1 rings (SSSR count). The van der Waals surface area contributed by atoms with Gasteiger partial charge in [-0.25, -0.2) is 4.79 Å². The largest absolute Gasteiger partial charge is 0.474 e. The molecular weight excluding hydrogens is 206 g/mol. The van der Waals surface area contributed by atoms with Crippen LogP contribution in [0.3, 0.4) is 0 Å². The normalized spacial score (nSPS) is 9.57. The first-order valence-corrected chi connectivity index (χ1v) is 4.19. The van der Waals surface area contributed by atoms with Gasteiger partial charge in [-0.05, 0) is 24.6 Å². The van der Waals surface area contributed by atoms with Crippen molar-refractivity contribution in [2.45, 2.75) is 6.92 Å². The number of benzene rings is 1. The average molecular weight is 214 g/mol. The molecule has 74 valence electrons. The monoisotopic (exact) mass is 213 g/mol. The second-order valence-corrected chi connectivity index (χ2v) is 3.13. The molecule has 2 N–H and O–H groups in total. The molecule has 14 heavy (non-hydrogen) atoms. The number of hydrogen-bond acceptors (Lipinski definition) is 2. The zero-order valence-corrected chi connectivity index (χ0v) is 8.13. The number of amides is 1. The number of carbonyl (C=O) groups excluding carboxylic acids is 1. The second-order valence-electron chi connectivity index (χ2n) is 2.72. The van der Waals surface area contributed by atoms with Gasteiger partial charge in [0.2, 0.25) is 0 Å². The zero-order chi connectivity index (χ0) is 10.7. The Labute approximate surface area is 85.5 Å². The van der Waals surface area contributed by atoms with Gasteiger partial charge in [-0.2, -0.15) is 0 Å². The summed E-state index contributed by atoms with van der Waals surface area (Å²) in [7, 11) is 0. The Morgan fingerprint density at radius 1 is 1.43 bits per heavy atom. The molecule has 0 aliphatic carbocycles. The van der Waals surface area contributed by atoms with E-state index in [1.807, 2.05) is 6.92 Å². The van der Waals surface area contributed by atoms with Crippen LogP contribution in [0.25, 0.3) is 0 Å². The lowest BCUT2D eigenvalue weighted by Crippen LogP contribution is -2.21. The maximum atomic E-state index is 10.8. The predicted molar refractivity (Wildman–Crippen MR) is 52.5 cm³/mol. The molecule has 0 spiro atoms. The fourth-order valence-corrected chi connectivity index (χ4v) is 1.04. The van der Waals surface area contributed by atoms with Gasteiger partial charge >= 0.3 is 11.9 Å². The van der Waals surface area contributed by atoms with Gasteiger partial charge in [0.1, 0.15) is 0 Å². The van der Waals surface area contributed by atoms with Crippen molar-refractivity contribution in [1.82, 2.24) is 0 Å². The van der Waals surface area contributed by atoms with E-state index < -0.39 is 11.9 Å². The van der Waals surface area contributed by atoms with E-state index in [1.165, 1.54) is 6.07 Å². The molecule has 0 saturated carbocycles. The first-order valence-electron chi connectivity index (χ1n) is 3.81. The zero-order valence-electron chi connectivity index (χ0n) is 7.37. The summed E-state index contributed by atoms with van der Waals surface area (Å²) in [6, 6.07) is 4.78. The number of nitrogens with one attached hydrogen (secondary N) is 1. The molecule has 1 aromatic rings. The van der Waals surface area contributed by atoms with E-state index in [9.17, 15) is 9.59 Å². The van der Waals surface area contributed by atoms with Crippen molar-refractivity contribution in [3.63, 3.8) is 0 Å². The number of anilines is 1. The summed E-state index contributed by atoms with van der Waals surface area (Å²) in [5.74, 6) is -2.60. The first kappa shape index (κ1) is 10.5. The Bertz CT molecular complexity index is 390. The van der Waals surface area contributed by atoms with E-state index >= 15 is 0 Å². The summed E-state index contributed by atoms with van der Waals surface area (Å²) in [5, 5.41) is 11.0. The van der Waals surface area contributed by atoms with Crippen molar-refractivity contribution in [3.8, 4) is 0 Å². The average Bonchev–Trinajstić information content (AvgIpc) is 2.11. The van der Waals surface area contributed by atoms with Gasteiger partial charge in [0, 0.05) is 10.7 Å². The lowest BCUT2D eigenvalue weighted by Gasteiger charge is -2.03. The molecule has 0 aliphatic heterocycles. The Hall–Kier alpha value is -1.55. The summed E-state index contributed by atoms with van der Waals surface area (Å²) in [4.78, 5) is 21.0. The SMILES string of the molecule is Cc1ccc(NC(=O)C(=O)O)cc1Cl. The number of rotatable bonds is 1. The lowest BCUT2D eigenvalue weighted by molar-refractivity contribution is -0.147. The third-order valence-electron chi connectivity index (χ3n) is 1.62. The van der Waals surface area contributed by atoms with Gasteiger partial charge in [0.15, 0.2) is 0 Å². The van der Waals surface area contributed by atoms with Crippen LogP contribution in [0.2, 0.25) is 5.02 Å². The Morgan fingerprint density at radius 3 is 2.57 bits per heavy atom. The van der Waals surface area contributed by atoms with Crippen LogP contribution in [0.1, 0.15) is 5.56 Å². The molecule has 0 radical (unpaired) electrons. The number of aryl methyl sites for hydroxylation is 1. The smallest absolute Gasteiger partial charge is 0.394 e. The number of carboxylic acid groups (broad SMARTS) is 1. The molecule has 0 aliphatic rings. The highest BCUT2D eigenvalue weighted by Gasteiger charge is 2.11. The number of carbonyl (C=O) groups is 2. The second kappa shape index (κ2) is 4.11. The summed E-state index contributed by atoms with van der Waals surface area (Å²) in [6.45, 7) is 1.81. The third kappa shape index (κ3) is 2.47. The van der Waals surface area contributed by atoms with Crippen LogP contribution in [0.4, 0.5) is 5.69 Å². The van der Waals surface area contributed by atoms with Crippen molar-refractivity contribution < 1.29 is 14.7 Å². The molecular formula is C9H8ClNO3. The standard InChI is InChI=1S/C9H8ClNO3/c1-5-2-3-6(4-7(5)10)11-8(12)9(13)14/h2-4H,1H3,(H,11,12)(H,13,14). The highest BCUT2D eigenvalue weighted by Crippen LogP contribution is 2.19. The van der Waals surface area contributed by atoms with Crippen LogP contribution in [-0.4, -0.2) is 17.0 Å². The molecule has 0 bridgehead atoms. The van der Waals surface area contributed by atoms with E-state index in [-0.39, 0.29) is 0 Å². The molecule has 0 atom stereocenters. The highest BCUT2D eigenvalue weighted by molar-refractivity contribution is 6.37. The quantitative estimate of drug-likeness (QED) is 0.698. The number of hydrogen-bond donors (Lipinski definition) is 2. The maximum absolute atomic E-state index is 10.8. The lowest BCUT2D eigenvalue weighted by atomic mass is 10.2. The molecule has 0 fully saturated rings. The van der Waals surface area contributed by atoms with Crippen molar-refractivity contribution in [3.05, 3.63) is 28.8 Å². The summed E-state index contributed by atoms with van der Waals surface area (Å²) in [5.41, 5.74) is 1.23. The van der Waals surface area contributed by atoms with Crippen LogP contribution >= 0.6 is 11.6 Å². The number of aliphatic carboxylic acids is 1. The Morgan fingerprint density at radius 2 is 2.07 bits per heavy atom. The van der Waals surface area contributed by atoms with E-state index in [4.69, 9.17) is 16.7 Å². The summed E-state index contributed by atoms with van der Waals surface area (Å²) < 4.78 is 0. The molecule has 1 aromatic carbocycles. The van der Waals surface area contributed by atoms with Crippen LogP contribution < -0.4 is 5.32 Å². The van der Waals surface area contributed by atoms with Gasteiger partial charge < -0.3 is 10.4 Å². The fourth-order valence-electron chi connectivity index (χ4n) is 0.855. The van der Waals surface area contributed by atoms with Gasteiger partial charge in [-0.3, -0.25) is 4.79 Å². The van der Waals surface area contributed by atoms with E-state index in [0.717, 1.165) is 5.56 Å². The number of halogens is 1. The van der Waals surface area contributed by atoms with Crippen molar-refractivity contribution in [2.24, 2.45) is 0 Å². The van der Waals surface area contributed by atoms with Gasteiger partial charge in [0.05, 0.1) is 0 Å². The van der Waals surface area contributed by atoms with Crippen LogP contribution in [0, 0.1) is 6.92 Å². The topological polar surface area (TPSA) is 66.4 Å². The minimum Gasteiger partial charge on any atom is -0.474 e.